The zero-order chi connectivity index (χ0) is 20.1. The third-order valence-corrected chi connectivity index (χ3v) is 4.32. The highest BCUT2D eigenvalue weighted by molar-refractivity contribution is 6.01. The maximum Gasteiger partial charge on any atom is 0.338 e. The van der Waals surface area contributed by atoms with Crippen molar-refractivity contribution in [3.63, 3.8) is 0 Å². The fourth-order valence-electron chi connectivity index (χ4n) is 2.64. The number of fused-ring (bicyclic) bond motifs is 1. The molecule has 0 saturated heterocycles. The van der Waals surface area contributed by atoms with Crippen molar-refractivity contribution in [2.24, 2.45) is 5.92 Å². The number of hydrogen-bond donors (Lipinski definition) is 1. The summed E-state index contributed by atoms with van der Waals surface area (Å²) in [6.07, 6.45) is 0. The van der Waals surface area contributed by atoms with Crippen LogP contribution in [0.15, 0.2) is 66.7 Å². The van der Waals surface area contributed by atoms with Gasteiger partial charge in [-0.15, -0.1) is 0 Å². The average Bonchev–Trinajstić information content (AvgIpc) is 2.71. The van der Waals surface area contributed by atoms with Crippen molar-refractivity contribution in [2.75, 3.05) is 11.9 Å². The number of Topliss-reactive ketones (excluding diaryl/α,β-unsaturated/α-hetero) is 1. The summed E-state index contributed by atoms with van der Waals surface area (Å²) >= 11 is 0. The standard InChI is InChI=1S/C23H21NO4/c1-15(2)22(26)24-20-11-9-17(10-12-20)21(25)14-28-23(27)19-8-7-16-5-3-4-6-18(16)13-19/h3-13,15H,14H2,1-2H3,(H,24,26). The lowest BCUT2D eigenvalue weighted by atomic mass is 10.1. The fraction of sp³-hybridized carbons (Fsp3) is 0.174. The number of benzene rings is 3. The van der Waals surface area contributed by atoms with E-state index in [1.54, 1.807) is 50.2 Å². The average molecular weight is 375 g/mol. The molecular weight excluding hydrogens is 354 g/mol. The van der Waals surface area contributed by atoms with Gasteiger partial charge in [0.1, 0.15) is 0 Å². The minimum Gasteiger partial charge on any atom is -0.454 e. The predicted octanol–water partition coefficient (Wildman–Crippen LogP) is 4.47. The first-order valence-corrected chi connectivity index (χ1v) is 9.04. The van der Waals surface area contributed by atoms with Crippen LogP contribution in [0.5, 0.6) is 0 Å². The number of carbonyl (C=O) groups excluding carboxylic acids is 3. The Hall–Kier alpha value is -3.47. The summed E-state index contributed by atoms with van der Waals surface area (Å²) in [6, 6.07) is 19.5. The quantitative estimate of drug-likeness (QED) is 0.509. The molecule has 0 saturated carbocycles. The summed E-state index contributed by atoms with van der Waals surface area (Å²) in [4.78, 5) is 36.2. The Labute approximate surface area is 163 Å². The van der Waals surface area contributed by atoms with Gasteiger partial charge in [0.2, 0.25) is 5.91 Å². The van der Waals surface area contributed by atoms with E-state index in [-0.39, 0.29) is 24.2 Å². The van der Waals surface area contributed by atoms with E-state index in [9.17, 15) is 14.4 Å². The van der Waals surface area contributed by atoms with Crippen LogP contribution in [0.4, 0.5) is 5.69 Å². The van der Waals surface area contributed by atoms with Gasteiger partial charge in [0.05, 0.1) is 5.56 Å². The Morgan fingerprint density at radius 3 is 2.18 bits per heavy atom. The van der Waals surface area contributed by atoms with E-state index < -0.39 is 5.97 Å². The monoisotopic (exact) mass is 375 g/mol. The van der Waals surface area contributed by atoms with Crippen LogP contribution in [-0.4, -0.2) is 24.3 Å². The second-order valence-electron chi connectivity index (χ2n) is 6.78. The topological polar surface area (TPSA) is 72.5 Å². The fourth-order valence-corrected chi connectivity index (χ4v) is 2.64. The lowest BCUT2D eigenvalue weighted by Crippen LogP contribution is -2.18. The van der Waals surface area contributed by atoms with Crippen LogP contribution in [0.2, 0.25) is 0 Å². The van der Waals surface area contributed by atoms with E-state index in [2.05, 4.69) is 5.32 Å². The lowest BCUT2D eigenvalue weighted by Gasteiger charge is -2.09. The minimum atomic E-state index is -0.542. The Morgan fingerprint density at radius 2 is 1.50 bits per heavy atom. The Balaban J connectivity index is 1.59. The molecule has 3 aromatic carbocycles. The van der Waals surface area contributed by atoms with Gasteiger partial charge >= 0.3 is 5.97 Å². The first-order valence-electron chi connectivity index (χ1n) is 9.04. The van der Waals surface area contributed by atoms with Gasteiger partial charge in [-0.25, -0.2) is 4.79 Å². The number of ketones is 1. The van der Waals surface area contributed by atoms with Crippen LogP contribution < -0.4 is 5.32 Å². The van der Waals surface area contributed by atoms with Crippen LogP contribution >= 0.6 is 0 Å². The van der Waals surface area contributed by atoms with E-state index in [1.165, 1.54) is 0 Å². The van der Waals surface area contributed by atoms with Crippen molar-refractivity contribution < 1.29 is 19.1 Å². The highest BCUT2D eigenvalue weighted by Gasteiger charge is 2.13. The lowest BCUT2D eigenvalue weighted by molar-refractivity contribution is -0.118. The SMILES string of the molecule is CC(C)C(=O)Nc1ccc(C(=O)COC(=O)c2ccc3ccccc3c2)cc1. The van der Waals surface area contributed by atoms with E-state index in [4.69, 9.17) is 4.74 Å². The molecule has 0 aliphatic carbocycles. The Kier molecular flexibility index (Phi) is 5.84. The summed E-state index contributed by atoms with van der Waals surface area (Å²) in [5, 5.41) is 4.72. The molecule has 1 N–H and O–H groups in total. The number of amides is 1. The Bertz CT molecular complexity index is 1020. The van der Waals surface area contributed by atoms with Crippen molar-refractivity contribution in [3.8, 4) is 0 Å². The van der Waals surface area contributed by atoms with Crippen molar-refractivity contribution >= 4 is 34.1 Å². The maximum absolute atomic E-state index is 12.3. The predicted molar refractivity (Wildman–Crippen MR) is 108 cm³/mol. The first-order chi connectivity index (χ1) is 13.4. The molecule has 0 unspecified atom stereocenters. The van der Waals surface area contributed by atoms with E-state index in [0.29, 0.717) is 16.8 Å². The van der Waals surface area contributed by atoms with Crippen molar-refractivity contribution in [1.82, 2.24) is 0 Å². The van der Waals surface area contributed by atoms with Crippen LogP contribution in [0.1, 0.15) is 34.6 Å². The molecule has 0 radical (unpaired) electrons. The van der Waals surface area contributed by atoms with Crippen molar-refractivity contribution in [1.29, 1.82) is 0 Å². The number of esters is 1. The van der Waals surface area contributed by atoms with Gasteiger partial charge in [-0.05, 0) is 47.2 Å². The molecule has 0 aliphatic heterocycles. The molecule has 0 aromatic heterocycles. The molecule has 0 aliphatic rings. The summed E-state index contributed by atoms with van der Waals surface area (Å²) in [5.74, 6) is -1.07. The zero-order valence-corrected chi connectivity index (χ0v) is 15.8. The van der Waals surface area contributed by atoms with Gasteiger partial charge in [0, 0.05) is 17.2 Å². The molecule has 3 rings (SSSR count). The molecule has 0 heterocycles. The summed E-state index contributed by atoms with van der Waals surface area (Å²) < 4.78 is 5.16. The van der Waals surface area contributed by atoms with Crippen molar-refractivity contribution in [2.45, 2.75) is 13.8 Å². The number of anilines is 1. The summed E-state index contributed by atoms with van der Waals surface area (Å²) in [6.45, 7) is 3.26. The zero-order valence-electron chi connectivity index (χ0n) is 15.8. The van der Waals surface area contributed by atoms with Gasteiger partial charge in [-0.1, -0.05) is 44.2 Å². The minimum absolute atomic E-state index is 0.0941. The van der Waals surface area contributed by atoms with Gasteiger partial charge in [0.25, 0.3) is 0 Å². The molecule has 1 amide bonds. The molecule has 0 atom stereocenters. The molecule has 0 fully saturated rings. The van der Waals surface area contributed by atoms with Crippen LogP contribution in [0, 0.1) is 5.92 Å². The largest absolute Gasteiger partial charge is 0.454 e. The third kappa shape index (κ3) is 4.62. The normalized spacial score (nSPS) is 10.7. The van der Waals surface area contributed by atoms with Gasteiger partial charge in [-0.2, -0.15) is 0 Å². The van der Waals surface area contributed by atoms with Crippen LogP contribution in [-0.2, 0) is 9.53 Å². The van der Waals surface area contributed by atoms with Gasteiger partial charge in [-0.3, -0.25) is 9.59 Å². The van der Waals surface area contributed by atoms with E-state index in [0.717, 1.165) is 10.8 Å². The molecule has 0 bridgehead atoms. The van der Waals surface area contributed by atoms with Crippen LogP contribution in [0.25, 0.3) is 10.8 Å². The van der Waals surface area contributed by atoms with Gasteiger partial charge in [0.15, 0.2) is 12.4 Å². The number of nitrogens with one attached hydrogen (secondary N) is 1. The van der Waals surface area contributed by atoms with E-state index >= 15 is 0 Å². The van der Waals surface area contributed by atoms with Crippen LogP contribution in [0.3, 0.4) is 0 Å². The number of hydrogen-bond acceptors (Lipinski definition) is 4. The second-order valence-corrected chi connectivity index (χ2v) is 6.78. The number of carbonyl (C=O) groups is 3. The highest BCUT2D eigenvalue weighted by Crippen LogP contribution is 2.17. The smallest absolute Gasteiger partial charge is 0.338 e. The second kappa shape index (κ2) is 8.48. The Morgan fingerprint density at radius 1 is 0.857 bits per heavy atom. The molecule has 5 heteroatoms. The number of ether oxygens (including phenoxy) is 1. The molecule has 0 spiro atoms. The van der Waals surface area contributed by atoms with Gasteiger partial charge < -0.3 is 10.1 Å². The maximum atomic E-state index is 12.3. The molecule has 142 valence electrons. The highest BCUT2D eigenvalue weighted by atomic mass is 16.5. The molecule has 28 heavy (non-hydrogen) atoms. The molecule has 3 aromatic rings. The van der Waals surface area contributed by atoms with E-state index in [1.807, 2.05) is 30.3 Å². The summed E-state index contributed by atoms with van der Waals surface area (Å²) in [5.41, 5.74) is 1.43. The number of rotatable bonds is 6. The first kappa shape index (κ1) is 19.3. The van der Waals surface area contributed by atoms with Crippen molar-refractivity contribution in [3.05, 3.63) is 77.9 Å². The molecule has 5 nitrogen and oxygen atoms in total. The molecular formula is C23H21NO4. The summed E-state index contributed by atoms with van der Waals surface area (Å²) in [7, 11) is 0. The third-order valence-electron chi connectivity index (χ3n) is 4.32.